The fourth-order valence-corrected chi connectivity index (χ4v) is 2.37. The second kappa shape index (κ2) is 4.79. The molecule has 1 fully saturated rings. The maximum absolute atomic E-state index is 10.1. The van der Waals surface area contributed by atoms with Gasteiger partial charge in [-0.1, -0.05) is 25.7 Å². The Hall–Kier alpha value is -0.830. The summed E-state index contributed by atoms with van der Waals surface area (Å²) in [6.07, 6.45) is 8.67. The smallest absolute Gasteiger partial charge is 0.0778 e. The highest BCUT2D eigenvalue weighted by Crippen LogP contribution is 2.26. The summed E-state index contributed by atoms with van der Waals surface area (Å²) in [5, 5.41) is 14.5. The quantitative estimate of drug-likeness (QED) is 0.769. The molecule has 0 bridgehead atoms. The first kappa shape index (κ1) is 10.7. The van der Waals surface area contributed by atoms with Gasteiger partial charge in [0, 0.05) is 6.20 Å². The molecule has 1 aliphatic carbocycles. The molecule has 0 radical (unpaired) electrons. The molecule has 1 aromatic rings. The molecule has 15 heavy (non-hydrogen) atoms. The summed E-state index contributed by atoms with van der Waals surface area (Å²) in [6, 6.07) is 2.20. The number of aromatic nitrogens is 2. The number of aliphatic hydroxyl groups is 1. The first-order chi connectivity index (χ1) is 7.27. The monoisotopic (exact) mass is 208 g/mol. The number of rotatable bonds is 1. The molecule has 0 spiro atoms. The van der Waals surface area contributed by atoms with Crippen LogP contribution in [-0.4, -0.2) is 21.0 Å². The van der Waals surface area contributed by atoms with E-state index in [-0.39, 0.29) is 12.1 Å². The van der Waals surface area contributed by atoms with Gasteiger partial charge in [-0.3, -0.25) is 4.68 Å². The minimum atomic E-state index is -0.218. The van der Waals surface area contributed by atoms with Crippen LogP contribution in [0.5, 0.6) is 0 Å². The number of aliphatic hydroxyl groups excluding tert-OH is 1. The summed E-state index contributed by atoms with van der Waals surface area (Å²) < 4.78 is 1.95. The molecular weight excluding hydrogens is 188 g/mol. The van der Waals surface area contributed by atoms with Crippen molar-refractivity contribution >= 4 is 0 Å². The van der Waals surface area contributed by atoms with E-state index in [1.165, 1.54) is 19.3 Å². The molecule has 2 rings (SSSR count). The zero-order chi connectivity index (χ0) is 10.7. The fraction of sp³-hybridized carbons (Fsp3) is 0.750. The third-order valence-electron chi connectivity index (χ3n) is 3.28. The van der Waals surface area contributed by atoms with E-state index in [1.54, 1.807) is 0 Å². The van der Waals surface area contributed by atoms with E-state index in [0.29, 0.717) is 0 Å². The lowest BCUT2D eigenvalue weighted by atomic mass is 9.94. The molecule has 1 N–H and O–H groups in total. The average Bonchev–Trinajstić information content (AvgIpc) is 2.59. The van der Waals surface area contributed by atoms with Gasteiger partial charge in [-0.25, -0.2) is 0 Å². The Kier molecular flexibility index (Phi) is 3.41. The van der Waals surface area contributed by atoms with Gasteiger partial charge in [0.05, 0.1) is 17.8 Å². The maximum atomic E-state index is 10.1. The first-order valence-electron chi connectivity index (χ1n) is 5.97. The number of hydrogen-bond acceptors (Lipinski definition) is 2. The van der Waals surface area contributed by atoms with E-state index in [9.17, 15) is 5.11 Å². The van der Waals surface area contributed by atoms with E-state index >= 15 is 0 Å². The standard InChI is InChI=1S/C12H20N2O/c1-10-8-9-14(13-10)11-6-4-2-3-5-7-12(11)15/h8-9,11-12,15H,2-7H2,1H3. The minimum absolute atomic E-state index is 0.194. The predicted molar refractivity (Wildman–Crippen MR) is 59.7 cm³/mol. The van der Waals surface area contributed by atoms with E-state index < -0.39 is 0 Å². The molecule has 3 nitrogen and oxygen atoms in total. The van der Waals surface area contributed by atoms with Gasteiger partial charge in [0.15, 0.2) is 0 Å². The average molecular weight is 208 g/mol. The maximum Gasteiger partial charge on any atom is 0.0778 e. The zero-order valence-electron chi connectivity index (χ0n) is 9.39. The fourth-order valence-electron chi connectivity index (χ4n) is 2.37. The number of aryl methyl sites for hydroxylation is 1. The van der Waals surface area contributed by atoms with E-state index in [2.05, 4.69) is 5.10 Å². The molecule has 1 aliphatic rings. The Labute approximate surface area is 91.1 Å². The Morgan fingerprint density at radius 1 is 1.27 bits per heavy atom. The van der Waals surface area contributed by atoms with Crippen LogP contribution in [0.1, 0.15) is 50.3 Å². The van der Waals surface area contributed by atoms with Crippen molar-refractivity contribution in [3.05, 3.63) is 18.0 Å². The van der Waals surface area contributed by atoms with Crippen LogP contribution in [0, 0.1) is 6.92 Å². The Bertz CT molecular complexity index is 308. The van der Waals surface area contributed by atoms with E-state index in [4.69, 9.17) is 0 Å². The molecule has 0 aliphatic heterocycles. The van der Waals surface area contributed by atoms with Gasteiger partial charge in [-0.15, -0.1) is 0 Å². The van der Waals surface area contributed by atoms with Crippen LogP contribution in [0.4, 0.5) is 0 Å². The highest BCUT2D eigenvalue weighted by atomic mass is 16.3. The van der Waals surface area contributed by atoms with Crippen molar-refractivity contribution in [3.8, 4) is 0 Å². The van der Waals surface area contributed by atoms with Gasteiger partial charge in [0.1, 0.15) is 0 Å². The van der Waals surface area contributed by atoms with Crippen molar-refractivity contribution < 1.29 is 5.11 Å². The number of nitrogens with zero attached hydrogens (tertiary/aromatic N) is 2. The van der Waals surface area contributed by atoms with Crippen LogP contribution in [0.2, 0.25) is 0 Å². The van der Waals surface area contributed by atoms with Crippen molar-refractivity contribution in [2.45, 2.75) is 57.6 Å². The summed E-state index contributed by atoms with van der Waals surface area (Å²) in [4.78, 5) is 0. The van der Waals surface area contributed by atoms with Gasteiger partial charge in [-0.2, -0.15) is 5.10 Å². The molecule has 0 amide bonds. The van der Waals surface area contributed by atoms with Crippen LogP contribution < -0.4 is 0 Å². The molecule has 1 aromatic heterocycles. The predicted octanol–water partition coefficient (Wildman–Crippen LogP) is 2.45. The molecule has 1 saturated carbocycles. The Balaban J connectivity index is 2.10. The van der Waals surface area contributed by atoms with Crippen molar-refractivity contribution in [1.82, 2.24) is 9.78 Å². The van der Waals surface area contributed by atoms with Crippen molar-refractivity contribution in [2.75, 3.05) is 0 Å². The lowest BCUT2D eigenvalue weighted by Gasteiger charge is -2.25. The van der Waals surface area contributed by atoms with Crippen molar-refractivity contribution in [1.29, 1.82) is 0 Å². The summed E-state index contributed by atoms with van der Waals surface area (Å²) in [5.41, 5.74) is 1.03. The molecule has 2 unspecified atom stereocenters. The SMILES string of the molecule is Cc1ccn(C2CCCCCCC2O)n1. The second-order valence-electron chi connectivity index (χ2n) is 4.56. The highest BCUT2D eigenvalue weighted by Gasteiger charge is 2.22. The third kappa shape index (κ3) is 2.59. The minimum Gasteiger partial charge on any atom is -0.391 e. The van der Waals surface area contributed by atoms with E-state index in [1.807, 2.05) is 23.9 Å². The normalized spacial score (nSPS) is 28.4. The topological polar surface area (TPSA) is 38.0 Å². The van der Waals surface area contributed by atoms with Crippen molar-refractivity contribution in [2.24, 2.45) is 0 Å². The lowest BCUT2D eigenvalue weighted by Crippen LogP contribution is -2.26. The van der Waals surface area contributed by atoms with Crippen LogP contribution in [-0.2, 0) is 0 Å². The van der Waals surface area contributed by atoms with Gasteiger partial charge in [-0.05, 0) is 25.8 Å². The van der Waals surface area contributed by atoms with Gasteiger partial charge in [0.2, 0.25) is 0 Å². The largest absolute Gasteiger partial charge is 0.391 e. The Morgan fingerprint density at radius 2 is 2.00 bits per heavy atom. The van der Waals surface area contributed by atoms with Crippen molar-refractivity contribution in [3.63, 3.8) is 0 Å². The van der Waals surface area contributed by atoms with E-state index in [0.717, 1.165) is 25.0 Å². The molecule has 2 atom stereocenters. The van der Waals surface area contributed by atoms with Crippen LogP contribution >= 0.6 is 0 Å². The molecule has 0 aromatic carbocycles. The summed E-state index contributed by atoms with van der Waals surface area (Å²) in [7, 11) is 0. The summed E-state index contributed by atoms with van der Waals surface area (Å²) >= 11 is 0. The van der Waals surface area contributed by atoms with Gasteiger partial charge >= 0.3 is 0 Å². The molecule has 3 heteroatoms. The summed E-state index contributed by atoms with van der Waals surface area (Å²) in [5.74, 6) is 0. The number of hydrogen-bond donors (Lipinski definition) is 1. The molecule has 0 saturated heterocycles. The van der Waals surface area contributed by atoms with Crippen LogP contribution in [0.15, 0.2) is 12.3 Å². The molecular formula is C12H20N2O. The molecule has 84 valence electrons. The lowest BCUT2D eigenvalue weighted by molar-refractivity contribution is 0.0825. The zero-order valence-corrected chi connectivity index (χ0v) is 9.39. The van der Waals surface area contributed by atoms with Gasteiger partial charge < -0.3 is 5.11 Å². The molecule has 1 heterocycles. The third-order valence-corrected chi connectivity index (χ3v) is 3.28. The first-order valence-corrected chi connectivity index (χ1v) is 5.97. The Morgan fingerprint density at radius 3 is 2.67 bits per heavy atom. The summed E-state index contributed by atoms with van der Waals surface area (Å²) in [6.45, 7) is 1.99. The van der Waals surface area contributed by atoms with Gasteiger partial charge in [0.25, 0.3) is 0 Å². The highest BCUT2D eigenvalue weighted by molar-refractivity contribution is 4.97. The van der Waals surface area contributed by atoms with Crippen LogP contribution in [0.25, 0.3) is 0 Å². The second-order valence-corrected chi connectivity index (χ2v) is 4.56. The van der Waals surface area contributed by atoms with Crippen LogP contribution in [0.3, 0.4) is 0 Å².